The van der Waals surface area contributed by atoms with Crippen LogP contribution < -0.4 is 11.4 Å². The molecule has 5 heteroatoms. The minimum atomic E-state index is -0.286. The molecule has 0 aromatic carbocycles. The molecule has 2 heterocycles. The van der Waals surface area contributed by atoms with Gasteiger partial charge in [-0.2, -0.15) is 4.98 Å². The van der Waals surface area contributed by atoms with Crippen LogP contribution in [0.1, 0.15) is 29.9 Å². The average molecular weight is 208 g/mol. The Labute approximate surface area is 88.3 Å². The van der Waals surface area contributed by atoms with E-state index in [4.69, 9.17) is 5.73 Å². The van der Waals surface area contributed by atoms with Gasteiger partial charge in [-0.05, 0) is 14.0 Å². The maximum atomic E-state index is 11.3. The second-order valence-corrected chi connectivity index (χ2v) is 4.16. The molecule has 0 amide bonds. The minimum Gasteiger partial charge on any atom is -0.323 e. The molecule has 1 aliphatic rings. The maximum absolute atomic E-state index is 11.3. The number of aromatic nitrogens is 2. The van der Waals surface area contributed by atoms with Crippen molar-refractivity contribution >= 4 is 0 Å². The van der Waals surface area contributed by atoms with Crippen LogP contribution in [0.15, 0.2) is 4.79 Å². The van der Waals surface area contributed by atoms with Crippen LogP contribution in [0, 0.1) is 0 Å². The van der Waals surface area contributed by atoms with E-state index in [0.717, 1.165) is 36.5 Å². The van der Waals surface area contributed by atoms with Gasteiger partial charge in [0, 0.05) is 36.8 Å². The third-order valence-electron chi connectivity index (χ3n) is 2.76. The first-order valence-corrected chi connectivity index (χ1v) is 5.14. The van der Waals surface area contributed by atoms with Crippen LogP contribution in [0.25, 0.3) is 0 Å². The van der Waals surface area contributed by atoms with E-state index in [1.807, 2.05) is 6.92 Å². The highest BCUT2D eigenvalue weighted by atomic mass is 16.1. The van der Waals surface area contributed by atoms with E-state index in [0.29, 0.717) is 0 Å². The summed E-state index contributed by atoms with van der Waals surface area (Å²) in [7, 11) is 2.05. The van der Waals surface area contributed by atoms with Gasteiger partial charge in [-0.3, -0.25) is 0 Å². The summed E-state index contributed by atoms with van der Waals surface area (Å²) < 4.78 is 0. The molecule has 5 nitrogen and oxygen atoms in total. The lowest BCUT2D eigenvalue weighted by atomic mass is 10.0. The fourth-order valence-electron chi connectivity index (χ4n) is 1.98. The number of likely N-dealkylation sites (N-methyl/N-ethyl adjacent to an activating group) is 1. The van der Waals surface area contributed by atoms with Crippen LogP contribution in [0.5, 0.6) is 0 Å². The van der Waals surface area contributed by atoms with Gasteiger partial charge in [-0.25, -0.2) is 4.79 Å². The standard InChI is InChI=1S/C10H16N4O/c1-6(11)9-7-5-14(2)4-3-8(7)12-10(15)13-9/h6H,3-5,11H2,1-2H3,(H,12,13,15). The topological polar surface area (TPSA) is 75.0 Å². The molecule has 1 aromatic rings. The normalized spacial score (nSPS) is 18.6. The molecule has 3 N–H and O–H groups in total. The van der Waals surface area contributed by atoms with Crippen LogP contribution in [0.4, 0.5) is 0 Å². The fraction of sp³-hybridized carbons (Fsp3) is 0.600. The molecule has 1 atom stereocenters. The Morgan fingerprint density at radius 2 is 2.33 bits per heavy atom. The molecular weight excluding hydrogens is 192 g/mol. The second-order valence-electron chi connectivity index (χ2n) is 4.16. The van der Waals surface area contributed by atoms with Crippen molar-refractivity contribution in [1.82, 2.24) is 14.9 Å². The van der Waals surface area contributed by atoms with E-state index in [1.165, 1.54) is 0 Å². The van der Waals surface area contributed by atoms with Gasteiger partial charge in [-0.1, -0.05) is 0 Å². The van der Waals surface area contributed by atoms with E-state index in [2.05, 4.69) is 21.9 Å². The van der Waals surface area contributed by atoms with E-state index < -0.39 is 0 Å². The molecule has 0 saturated heterocycles. The lowest BCUT2D eigenvalue weighted by Gasteiger charge is -2.26. The molecule has 0 fully saturated rings. The van der Waals surface area contributed by atoms with Crippen LogP contribution in [-0.4, -0.2) is 28.5 Å². The summed E-state index contributed by atoms with van der Waals surface area (Å²) in [5, 5.41) is 0. The van der Waals surface area contributed by atoms with Gasteiger partial charge in [0.1, 0.15) is 0 Å². The van der Waals surface area contributed by atoms with Crippen LogP contribution in [0.3, 0.4) is 0 Å². The largest absolute Gasteiger partial charge is 0.345 e. The van der Waals surface area contributed by atoms with Crippen LogP contribution >= 0.6 is 0 Å². The third kappa shape index (κ3) is 1.93. The second kappa shape index (κ2) is 3.75. The van der Waals surface area contributed by atoms with Crippen molar-refractivity contribution in [1.29, 1.82) is 0 Å². The van der Waals surface area contributed by atoms with Crippen molar-refractivity contribution in [2.24, 2.45) is 5.73 Å². The van der Waals surface area contributed by atoms with Gasteiger partial charge >= 0.3 is 5.69 Å². The quantitative estimate of drug-likeness (QED) is 0.669. The first kappa shape index (κ1) is 10.3. The number of nitrogens with two attached hydrogens (primary N) is 1. The molecule has 2 rings (SSSR count). The van der Waals surface area contributed by atoms with Crippen molar-refractivity contribution < 1.29 is 0 Å². The molecule has 0 saturated carbocycles. The van der Waals surface area contributed by atoms with Gasteiger partial charge in [0.05, 0.1) is 5.69 Å². The Bertz CT molecular complexity index is 424. The zero-order chi connectivity index (χ0) is 11.0. The highest BCUT2D eigenvalue weighted by molar-refractivity contribution is 5.28. The summed E-state index contributed by atoms with van der Waals surface area (Å²) in [6.07, 6.45) is 0.864. The van der Waals surface area contributed by atoms with E-state index in [9.17, 15) is 4.79 Å². The highest BCUT2D eigenvalue weighted by Gasteiger charge is 2.20. The Kier molecular flexibility index (Phi) is 2.58. The van der Waals surface area contributed by atoms with Crippen LogP contribution in [0.2, 0.25) is 0 Å². The molecule has 1 unspecified atom stereocenters. The molecule has 0 bridgehead atoms. The van der Waals surface area contributed by atoms with Crippen molar-refractivity contribution in [2.45, 2.75) is 25.9 Å². The number of hydrogen-bond acceptors (Lipinski definition) is 4. The number of H-pyrrole nitrogens is 1. The van der Waals surface area contributed by atoms with Crippen LogP contribution in [-0.2, 0) is 13.0 Å². The Morgan fingerprint density at radius 3 is 3.00 bits per heavy atom. The number of fused-ring (bicyclic) bond motifs is 1. The molecule has 15 heavy (non-hydrogen) atoms. The van der Waals surface area contributed by atoms with Gasteiger partial charge in [-0.15, -0.1) is 0 Å². The van der Waals surface area contributed by atoms with Gasteiger partial charge < -0.3 is 15.6 Å². The number of aromatic amines is 1. The SMILES string of the molecule is CC(N)c1nc(=O)[nH]c2c1CN(C)CC2. The summed E-state index contributed by atoms with van der Waals surface area (Å²) in [6.45, 7) is 3.64. The third-order valence-corrected chi connectivity index (χ3v) is 2.76. The Morgan fingerprint density at radius 1 is 1.60 bits per heavy atom. The summed E-state index contributed by atoms with van der Waals surface area (Å²) in [5.74, 6) is 0. The molecule has 1 aromatic heterocycles. The molecule has 1 aliphatic heterocycles. The zero-order valence-corrected chi connectivity index (χ0v) is 9.08. The smallest absolute Gasteiger partial charge is 0.323 e. The zero-order valence-electron chi connectivity index (χ0n) is 9.08. The van der Waals surface area contributed by atoms with E-state index in [-0.39, 0.29) is 11.7 Å². The molecule has 0 radical (unpaired) electrons. The predicted molar refractivity (Wildman–Crippen MR) is 57.5 cm³/mol. The van der Waals surface area contributed by atoms with Gasteiger partial charge in [0.25, 0.3) is 0 Å². The van der Waals surface area contributed by atoms with Gasteiger partial charge in [0.2, 0.25) is 0 Å². The highest BCUT2D eigenvalue weighted by Crippen LogP contribution is 2.20. The Hall–Kier alpha value is -1.20. The molecule has 0 aliphatic carbocycles. The lowest BCUT2D eigenvalue weighted by Crippen LogP contribution is -2.33. The summed E-state index contributed by atoms with van der Waals surface area (Å²) >= 11 is 0. The number of nitrogens with zero attached hydrogens (tertiary/aromatic N) is 2. The molecular formula is C10H16N4O. The molecule has 82 valence electrons. The summed E-state index contributed by atoms with van der Waals surface area (Å²) in [4.78, 5) is 20.3. The van der Waals surface area contributed by atoms with E-state index >= 15 is 0 Å². The summed E-state index contributed by atoms with van der Waals surface area (Å²) in [5.41, 5.74) is 8.36. The minimum absolute atomic E-state index is 0.187. The first-order chi connectivity index (χ1) is 7.08. The van der Waals surface area contributed by atoms with E-state index in [1.54, 1.807) is 0 Å². The lowest BCUT2D eigenvalue weighted by molar-refractivity contribution is 0.306. The van der Waals surface area contributed by atoms with Crippen molar-refractivity contribution in [3.8, 4) is 0 Å². The maximum Gasteiger partial charge on any atom is 0.345 e. The first-order valence-electron chi connectivity index (χ1n) is 5.14. The van der Waals surface area contributed by atoms with Crippen molar-refractivity contribution in [3.05, 3.63) is 27.4 Å². The summed E-state index contributed by atoms with van der Waals surface area (Å²) in [6, 6.07) is -0.187. The van der Waals surface area contributed by atoms with Crippen molar-refractivity contribution in [3.63, 3.8) is 0 Å². The fourth-order valence-corrected chi connectivity index (χ4v) is 1.98. The average Bonchev–Trinajstić information content (AvgIpc) is 2.17. The molecule has 0 spiro atoms. The number of rotatable bonds is 1. The number of hydrogen-bond donors (Lipinski definition) is 2. The Balaban J connectivity index is 2.55. The predicted octanol–water partition coefficient (Wildman–Crippen LogP) is -0.222. The monoisotopic (exact) mass is 208 g/mol. The van der Waals surface area contributed by atoms with Crippen molar-refractivity contribution in [2.75, 3.05) is 13.6 Å². The van der Waals surface area contributed by atoms with Gasteiger partial charge in [0.15, 0.2) is 0 Å². The number of nitrogens with one attached hydrogen (secondary N) is 1.